The van der Waals surface area contributed by atoms with Gasteiger partial charge in [0.2, 0.25) is 0 Å². The molecule has 19 heavy (non-hydrogen) atoms. The fourth-order valence-electron chi connectivity index (χ4n) is 1.56. The molecule has 0 bridgehead atoms. The summed E-state index contributed by atoms with van der Waals surface area (Å²) in [4.78, 5) is 18.1. The van der Waals surface area contributed by atoms with Crippen LogP contribution >= 0.6 is 11.6 Å². The van der Waals surface area contributed by atoms with Crippen LogP contribution in [0.2, 0.25) is 5.02 Å². The number of aromatic nitrogens is 1. The summed E-state index contributed by atoms with van der Waals surface area (Å²) in [5.74, 6) is 0.463. The number of halogens is 1. The number of amides is 1. The molecule has 6 heteroatoms. The topological polar surface area (TPSA) is 57.3 Å². The van der Waals surface area contributed by atoms with Gasteiger partial charge in [0, 0.05) is 19.3 Å². The molecule has 0 atom stereocenters. The second-order valence-corrected chi connectivity index (χ2v) is 4.90. The van der Waals surface area contributed by atoms with Gasteiger partial charge >= 0.3 is 0 Å². The average Bonchev–Trinajstić information content (AvgIpc) is 2.36. The Hall–Kier alpha value is -1.33. The Morgan fingerprint density at radius 3 is 2.79 bits per heavy atom. The first kappa shape index (κ1) is 15.7. The molecule has 1 rings (SSSR count). The van der Waals surface area contributed by atoms with E-state index < -0.39 is 0 Å². The van der Waals surface area contributed by atoms with Gasteiger partial charge in [0.05, 0.1) is 10.6 Å². The first-order valence-electron chi connectivity index (χ1n) is 6.37. The van der Waals surface area contributed by atoms with E-state index in [1.165, 1.54) is 6.20 Å². The fraction of sp³-hybridized carbons (Fsp3) is 0.538. The molecule has 0 saturated heterocycles. The van der Waals surface area contributed by atoms with Crippen molar-refractivity contribution in [2.75, 3.05) is 39.0 Å². The van der Waals surface area contributed by atoms with Crippen LogP contribution in [0.3, 0.4) is 0 Å². The summed E-state index contributed by atoms with van der Waals surface area (Å²) < 4.78 is 0. The van der Waals surface area contributed by atoms with E-state index in [0.717, 1.165) is 19.5 Å². The highest BCUT2D eigenvalue weighted by atomic mass is 35.5. The molecule has 0 unspecified atom stereocenters. The molecule has 0 aliphatic heterocycles. The van der Waals surface area contributed by atoms with Crippen LogP contribution in [0, 0.1) is 0 Å². The predicted molar refractivity (Wildman–Crippen MR) is 78.9 cm³/mol. The van der Waals surface area contributed by atoms with Crippen LogP contribution in [0.25, 0.3) is 0 Å². The second kappa shape index (κ2) is 7.96. The molecule has 0 aromatic carbocycles. The number of nitrogens with zero attached hydrogens (tertiary/aromatic N) is 2. The van der Waals surface area contributed by atoms with Crippen molar-refractivity contribution < 1.29 is 4.79 Å². The fourth-order valence-corrected chi connectivity index (χ4v) is 1.79. The van der Waals surface area contributed by atoms with Gasteiger partial charge in [-0.25, -0.2) is 4.98 Å². The third kappa shape index (κ3) is 5.44. The van der Waals surface area contributed by atoms with Gasteiger partial charge in [-0.1, -0.05) is 11.6 Å². The third-order valence-electron chi connectivity index (χ3n) is 2.52. The van der Waals surface area contributed by atoms with Crippen molar-refractivity contribution in [3.05, 3.63) is 22.8 Å². The number of hydrogen-bond donors (Lipinski definition) is 2. The molecule has 106 valence electrons. The number of carbonyl (C=O) groups is 1. The first-order valence-corrected chi connectivity index (χ1v) is 6.74. The van der Waals surface area contributed by atoms with Gasteiger partial charge in [-0.05, 0) is 40.1 Å². The Morgan fingerprint density at radius 1 is 1.47 bits per heavy atom. The molecule has 1 heterocycles. The van der Waals surface area contributed by atoms with Crippen molar-refractivity contribution in [1.29, 1.82) is 0 Å². The highest BCUT2D eigenvalue weighted by molar-refractivity contribution is 6.33. The van der Waals surface area contributed by atoms with E-state index in [0.29, 0.717) is 22.9 Å². The van der Waals surface area contributed by atoms with Gasteiger partial charge in [0.25, 0.3) is 5.91 Å². The summed E-state index contributed by atoms with van der Waals surface area (Å²) in [7, 11) is 4.01. The maximum absolute atomic E-state index is 11.9. The summed E-state index contributed by atoms with van der Waals surface area (Å²) >= 11 is 6.04. The van der Waals surface area contributed by atoms with E-state index in [2.05, 4.69) is 20.5 Å². The Bertz CT molecular complexity index is 423. The van der Waals surface area contributed by atoms with Gasteiger partial charge in [0.15, 0.2) is 0 Å². The van der Waals surface area contributed by atoms with E-state index in [9.17, 15) is 4.79 Å². The van der Waals surface area contributed by atoms with Crippen LogP contribution in [0.5, 0.6) is 0 Å². The van der Waals surface area contributed by atoms with Crippen LogP contribution in [0.15, 0.2) is 12.3 Å². The highest BCUT2D eigenvalue weighted by Gasteiger charge is 2.09. The molecule has 0 radical (unpaired) electrons. The van der Waals surface area contributed by atoms with E-state index in [1.54, 1.807) is 6.07 Å². The number of nitrogens with one attached hydrogen (secondary N) is 2. The van der Waals surface area contributed by atoms with Gasteiger partial charge in [-0.2, -0.15) is 0 Å². The lowest BCUT2D eigenvalue weighted by Crippen LogP contribution is -2.27. The number of carbonyl (C=O) groups excluding carboxylic acids is 1. The lowest BCUT2D eigenvalue weighted by Gasteiger charge is -2.10. The molecule has 0 aliphatic carbocycles. The maximum atomic E-state index is 11.9. The van der Waals surface area contributed by atoms with Crippen molar-refractivity contribution in [3.8, 4) is 0 Å². The molecule has 2 N–H and O–H groups in total. The van der Waals surface area contributed by atoms with Crippen molar-refractivity contribution in [3.63, 3.8) is 0 Å². The van der Waals surface area contributed by atoms with Crippen molar-refractivity contribution >= 4 is 23.3 Å². The maximum Gasteiger partial charge on any atom is 0.252 e. The normalized spacial score (nSPS) is 10.6. The molecular formula is C13H21ClN4O. The molecule has 0 saturated carbocycles. The van der Waals surface area contributed by atoms with E-state index in [4.69, 9.17) is 11.6 Å². The van der Waals surface area contributed by atoms with Crippen molar-refractivity contribution in [2.24, 2.45) is 0 Å². The van der Waals surface area contributed by atoms with Crippen molar-refractivity contribution in [1.82, 2.24) is 15.2 Å². The van der Waals surface area contributed by atoms with Crippen LogP contribution < -0.4 is 10.6 Å². The number of pyridine rings is 1. The number of anilines is 1. The molecule has 0 spiro atoms. The summed E-state index contributed by atoms with van der Waals surface area (Å²) in [6.07, 6.45) is 2.44. The monoisotopic (exact) mass is 284 g/mol. The Labute approximate surface area is 119 Å². The zero-order valence-corrected chi connectivity index (χ0v) is 12.4. The zero-order valence-electron chi connectivity index (χ0n) is 11.7. The summed E-state index contributed by atoms with van der Waals surface area (Å²) in [5.41, 5.74) is 0.483. The van der Waals surface area contributed by atoms with Gasteiger partial charge in [-0.3, -0.25) is 4.79 Å². The third-order valence-corrected chi connectivity index (χ3v) is 2.80. The van der Waals surface area contributed by atoms with E-state index in [1.807, 2.05) is 21.0 Å². The summed E-state index contributed by atoms with van der Waals surface area (Å²) in [6, 6.07) is 1.63. The minimum absolute atomic E-state index is 0.142. The molecule has 1 amide bonds. The SMILES string of the molecule is CCNc1ncc(C(=O)NCCCN(C)C)cc1Cl. The molecule has 0 fully saturated rings. The average molecular weight is 285 g/mol. The first-order chi connectivity index (χ1) is 9.04. The van der Waals surface area contributed by atoms with Crippen LogP contribution in [-0.4, -0.2) is 49.5 Å². The lowest BCUT2D eigenvalue weighted by atomic mass is 10.2. The number of rotatable bonds is 7. The quantitative estimate of drug-likeness (QED) is 0.750. The van der Waals surface area contributed by atoms with Crippen LogP contribution in [-0.2, 0) is 0 Å². The van der Waals surface area contributed by atoms with Gasteiger partial charge in [-0.15, -0.1) is 0 Å². The molecule has 1 aromatic rings. The Morgan fingerprint density at radius 2 is 2.21 bits per heavy atom. The predicted octanol–water partition coefficient (Wildman–Crippen LogP) is 1.85. The second-order valence-electron chi connectivity index (χ2n) is 4.50. The van der Waals surface area contributed by atoms with Crippen LogP contribution in [0.1, 0.15) is 23.7 Å². The standard InChI is InChI=1S/C13H21ClN4O/c1-4-15-12-11(14)8-10(9-17-12)13(19)16-6-5-7-18(2)3/h8-9H,4-7H2,1-3H3,(H,15,17)(H,16,19). The minimum atomic E-state index is -0.142. The molecule has 1 aromatic heterocycles. The largest absolute Gasteiger partial charge is 0.369 e. The number of hydrogen-bond acceptors (Lipinski definition) is 4. The summed E-state index contributed by atoms with van der Waals surface area (Å²) in [6.45, 7) is 4.29. The molecule has 5 nitrogen and oxygen atoms in total. The van der Waals surface area contributed by atoms with Gasteiger partial charge < -0.3 is 15.5 Å². The Kier molecular flexibility index (Phi) is 6.59. The molecule has 0 aliphatic rings. The minimum Gasteiger partial charge on any atom is -0.369 e. The summed E-state index contributed by atoms with van der Waals surface area (Å²) in [5, 5.41) is 6.34. The zero-order chi connectivity index (χ0) is 14.3. The molecular weight excluding hydrogens is 264 g/mol. The van der Waals surface area contributed by atoms with E-state index >= 15 is 0 Å². The smallest absolute Gasteiger partial charge is 0.252 e. The van der Waals surface area contributed by atoms with E-state index in [-0.39, 0.29) is 5.91 Å². The highest BCUT2D eigenvalue weighted by Crippen LogP contribution is 2.19. The van der Waals surface area contributed by atoms with Crippen LogP contribution in [0.4, 0.5) is 5.82 Å². The lowest BCUT2D eigenvalue weighted by molar-refractivity contribution is 0.0952. The Balaban J connectivity index is 2.50. The van der Waals surface area contributed by atoms with Gasteiger partial charge in [0.1, 0.15) is 5.82 Å². The van der Waals surface area contributed by atoms with Crippen molar-refractivity contribution in [2.45, 2.75) is 13.3 Å².